The first-order chi connectivity index (χ1) is 35.2. The largest absolute Gasteiger partial charge is 0.459 e. The summed E-state index contributed by atoms with van der Waals surface area (Å²) >= 11 is 0. The molecule has 1 amide bonds. The molecule has 4 fully saturated rings. The number of carbonyl (C=O) groups is 2. The molecule has 1 aromatic carbocycles. The van der Waals surface area contributed by atoms with Crippen molar-refractivity contribution < 1.29 is 73.4 Å². The highest BCUT2D eigenvalue weighted by Crippen LogP contribution is 2.40. The fourth-order valence-electron chi connectivity index (χ4n) is 11.9. The van der Waals surface area contributed by atoms with Crippen molar-refractivity contribution in [2.24, 2.45) is 17.8 Å². The van der Waals surface area contributed by atoms with Crippen LogP contribution in [0.1, 0.15) is 113 Å². The summed E-state index contributed by atoms with van der Waals surface area (Å²) in [4.78, 5) is 33.0. The molecule has 0 aliphatic carbocycles. The average Bonchev–Trinajstić information content (AvgIpc) is 3.98. The van der Waals surface area contributed by atoms with Gasteiger partial charge in [0.2, 0.25) is 0 Å². The van der Waals surface area contributed by atoms with Gasteiger partial charge in [0.1, 0.15) is 36.1 Å². The third-order valence-corrected chi connectivity index (χ3v) is 16.7. The zero-order chi connectivity index (χ0) is 55.3. The van der Waals surface area contributed by atoms with Crippen molar-refractivity contribution in [1.82, 2.24) is 25.8 Å². The molecular formula is C54H92N6O15. The quantitative estimate of drug-likeness (QED) is 0.111. The van der Waals surface area contributed by atoms with Gasteiger partial charge in [-0.3, -0.25) is 14.7 Å². The number of aliphatic hydroxyl groups is 6. The molecule has 0 bridgehead atoms. The maximum Gasteiger partial charge on any atom is 0.414 e. The van der Waals surface area contributed by atoms with Gasteiger partial charge < -0.3 is 79.0 Å². The standard InChI is InChI=1S/C54H92N6O15/c1-14-42-54(10,68)46(63)35(6)58(12)27-31(2)25-52(8,67)48(33(4)45(34(5)49(65)73-42)74-43-26-53(9,69-13)47(64)36(7)71-43)75-50-44(62)41(24-32(3)70-50)57(11)22-21-38-28-59(56-55-38)29-40-30-60(51(66)72-40)39-19-17-37(18-20-39)16-15-23-61/h17-20,28,31-36,40-48,50,55-56,61-64,67-68H,14-16,21-27,29-30H2,1-13H3/t31-,32-,33+,34-,35-,36+,40+,41+,42-,43+,44-,45+,46-,47+,48-,50+,52-,53-,54-/m1/s1. The molecule has 75 heavy (non-hydrogen) atoms. The third-order valence-electron chi connectivity index (χ3n) is 16.7. The van der Waals surface area contributed by atoms with Crippen LogP contribution in [-0.2, 0) is 44.4 Å². The molecule has 428 valence electrons. The van der Waals surface area contributed by atoms with Gasteiger partial charge in [-0.25, -0.2) is 4.79 Å². The molecule has 5 heterocycles. The van der Waals surface area contributed by atoms with E-state index in [1.165, 1.54) is 14.0 Å². The minimum absolute atomic E-state index is 0.0936. The van der Waals surface area contributed by atoms with E-state index in [1.807, 2.05) is 75.2 Å². The first-order valence-electron chi connectivity index (χ1n) is 27.2. The van der Waals surface area contributed by atoms with Crippen LogP contribution in [0.4, 0.5) is 10.5 Å². The van der Waals surface area contributed by atoms with Gasteiger partial charge in [0.15, 0.2) is 12.6 Å². The van der Waals surface area contributed by atoms with Crippen molar-refractivity contribution in [3.8, 4) is 0 Å². The lowest BCUT2D eigenvalue weighted by Crippen LogP contribution is -2.61. The Kier molecular flexibility index (Phi) is 20.9. The summed E-state index contributed by atoms with van der Waals surface area (Å²) in [6.07, 6.45) is -6.06. The normalized spacial score (nSPS) is 40.9. The highest BCUT2D eigenvalue weighted by Gasteiger charge is 2.53. The second kappa shape index (κ2) is 25.7. The number of aryl methyl sites for hydroxylation is 1. The van der Waals surface area contributed by atoms with E-state index in [2.05, 4.69) is 15.9 Å². The summed E-state index contributed by atoms with van der Waals surface area (Å²) in [5, 5.41) is 70.8. The maximum atomic E-state index is 14.5. The molecule has 1 aromatic rings. The Morgan fingerprint density at radius 3 is 2.25 bits per heavy atom. The minimum atomic E-state index is -1.84. The van der Waals surface area contributed by atoms with Gasteiger partial charge in [-0.1, -0.05) is 32.9 Å². The van der Waals surface area contributed by atoms with Crippen molar-refractivity contribution in [1.29, 1.82) is 0 Å². The van der Waals surface area contributed by atoms with Gasteiger partial charge in [0.05, 0.1) is 54.6 Å². The zero-order valence-electron chi connectivity index (χ0n) is 46.8. The van der Waals surface area contributed by atoms with Crippen LogP contribution in [-0.4, -0.2) is 208 Å². The fraction of sp³-hybridized carbons (Fsp3) is 0.815. The molecule has 21 nitrogen and oxygen atoms in total. The lowest BCUT2D eigenvalue weighted by atomic mass is 9.77. The van der Waals surface area contributed by atoms with E-state index in [1.54, 1.807) is 46.4 Å². The summed E-state index contributed by atoms with van der Waals surface area (Å²) in [7, 11) is 5.27. The van der Waals surface area contributed by atoms with Gasteiger partial charge in [-0.05, 0) is 118 Å². The van der Waals surface area contributed by atoms with Crippen LogP contribution in [0, 0.1) is 17.8 Å². The minimum Gasteiger partial charge on any atom is -0.459 e. The number of likely N-dealkylation sites (N-methyl/N-ethyl adjacent to an activating group) is 2. The van der Waals surface area contributed by atoms with E-state index >= 15 is 0 Å². The second-order valence-electron chi connectivity index (χ2n) is 23.1. The predicted octanol–water partition coefficient (Wildman–Crippen LogP) is 2.78. The number of cyclic esters (lactones) is 2. The molecule has 0 aromatic heterocycles. The van der Waals surface area contributed by atoms with Crippen molar-refractivity contribution in [3.63, 3.8) is 0 Å². The molecule has 21 heteroatoms. The molecule has 6 rings (SSSR count). The molecule has 5 aliphatic rings. The number of anilines is 1. The number of hydrazine groups is 2. The van der Waals surface area contributed by atoms with Gasteiger partial charge in [-0.15, -0.1) is 5.53 Å². The Labute approximate surface area is 444 Å². The summed E-state index contributed by atoms with van der Waals surface area (Å²) in [5.41, 5.74) is 4.54. The maximum absolute atomic E-state index is 14.5. The highest BCUT2D eigenvalue weighted by atomic mass is 16.7. The van der Waals surface area contributed by atoms with Crippen LogP contribution < -0.4 is 15.9 Å². The van der Waals surface area contributed by atoms with Gasteiger partial charge >= 0.3 is 12.1 Å². The third kappa shape index (κ3) is 14.5. The summed E-state index contributed by atoms with van der Waals surface area (Å²) in [6, 6.07) is 6.70. The molecule has 8 N–H and O–H groups in total. The van der Waals surface area contributed by atoms with Crippen LogP contribution in [0.3, 0.4) is 0 Å². The number of benzene rings is 1. The monoisotopic (exact) mass is 1060 g/mol. The summed E-state index contributed by atoms with van der Waals surface area (Å²) < 4.78 is 44.1. The number of hydrogen-bond acceptors (Lipinski definition) is 20. The molecule has 19 atom stereocenters. The van der Waals surface area contributed by atoms with Crippen molar-refractivity contribution in [3.05, 3.63) is 41.7 Å². The van der Waals surface area contributed by atoms with Gasteiger partial charge in [0.25, 0.3) is 0 Å². The molecule has 0 unspecified atom stereocenters. The lowest BCUT2D eigenvalue weighted by Gasteiger charge is -2.49. The van der Waals surface area contributed by atoms with Crippen molar-refractivity contribution >= 4 is 17.7 Å². The number of nitrogens with one attached hydrogen (secondary N) is 2. The Morgan fingerprint density at radius 2 is 1.60 bits per heavy atom. The van der Waals surface area contributed by atoms with Gasteiger partial charge in [0, 0.05) is 75.2 Å². The number of methoxy groups -OCH3 is 1. The number of rotatable bonds is 16. The number of hydrogen-bond donors (Lipinski definition) is 8. The number of amides is 1. The average molecular weight is 1070 g/mol. The number of carbonyl (C=O) groups excluding carboxylic acids is 2. The Morgan fingerprint density at radius 1 is 0.907 bits per heavy atom. The first kappa shape index (κ1) is 61.0. The predicted molar refractivity (Wildman–Crippen MR) is 278 cm³/mol. The van der Waals surface area contributed by atoms with Crippen molar-refractivity contribution in [2.75, 3.05) is 58.9 Å². The summed E-state index contributed by atoms with van der Waals surface area (Å²) in [5.74, 6) is -2.82. The molecule has 4 saturated heterocycles. The topological polar surface area (TPSA) is 257 Å². The van der Waals surface area contributed by atoms with E-state index in [0.717, 1.165) is 23.4 Å². The number of esters is 1. The molecule has 0 radical (unpaired) electrons. The first-order valence-corrected chi connectivity index (χ1v) is 27.2. The molecule has 5 aliphatic heterocycles. The Bertz CT molecular complexity index is 2040. The highest BCUT2D eigenvalue weighted by molar-refractivity contribution is 5.89. The SMILES string of the molecule is CC[C@H]1OC(=O)[C@H](C)[C@@H](O[C@H]2C[C@@](C)(OC)[C@@H](O)[C@H](C)O2)[C@H](C)[C@@H](O[C@@H]2O[C@H](C)C[C@H](N(C)CCC3=CN(C[C@H]4CN(c5ccc(CCCO)cc5)C(=O)O4)NN3)[C@H]2O)[C@](C)(O)C[C@@H](C)CN(C)[C@H](C)[C@@H](O)[C@]1(C)O. The van der Waals surface area contributed by atoms with Gasteiger partial charge in [-0.2, -0.15) is 0 Å². The number of ether oxygens (including phenoxy) is 7. The Hall–Kier alpha value is -3.26. The molecular weight excluding hydrogens is 973 g/mol. The van der Waals surface area contributed by atoms with E-state index in [9.17, 15) is 40.2 Å². The summed E-state index contributed by atoms with van der Waals surface area (Å²) in [6.45, 7) is 19.4. The molecule has 0 spiro atoms. The lowest BCUT2D eigenvalue weighted by molar-refractivity contribution is -0.318. The molecule has 0 saturated carbocycles. The Balaban J connectivity index is 1.20. The van der Waals surface area contributed by atoms with Crippen LogP contribution in [0.15, 0.2) is 36.2 Å². The number of aliphatic hydroxyl groups excluding tert-OH is 4. The zero-order valence-corrected chi connectivity index (χ0v) is 46.8. The van der Waals surface area contributed by atoms with Crippen molar-refractivity contribution in [2.45, 2.75) is 211 Å². The van der Waals surface area contributed by atoms with Crippen LogP contribution >= 0.6 is 0 Å². The van der Waals surface area contributed by atoms with E-state index in [4.69, 9.17) is 33.2 Å². The van der Waals surface area contributed by atoms with E-state index in [0.29, 0.717) is 45.4 Å². The van der Waals surface area contributed by atoms with Crippen LogP contribution in [0.5, 0.6) is 0 Å². The van der Waals surface area contributed by atoms with E-state index in [-0.39, 0.29) is 37.9 Å². The smallest absolute Gasteiger partial charge is 0.414 e. The fourth-order valence-corrected chi connectivity index (χ4v) is 11.9. The number of nitrogens with zero attached hydrogens (tertiary/aromatic N) is 4. The van der Waals surface area contributed by atoms with Crippen LogP contribution in [0.25, 0.3) is 0 Å². The van der Waals surface area contributed by atoms with Crippen LogP contribution in [0.2, 0.25) is 0 Å². The second-order valence-corrected chi connectivity index (χ2v) is 23.1. The van der Waals surface area contributed by atoms with E-state index < -0.39 is 114 Å².